The van der Waals surface area contributed by atoms with Crippen molar-refractivity contribution in [1.82, 2.24) is 0 Å². The zero-order chi connectivity index (χ0) is 20.9. The molecule has 0 atom stereocenters. The highest BCUT2D eigenvalue weighted by molar-refractivity contribution is 8.00. The number of benzene rings is 4. The van der Waals surface area contributed by atoms with Crippen LogP contribution >= 0.6 is 11.9 Å². The number of nitrogens with zero attached hydrogens (tertiary/aromatic N) is 1. The minimum Gasteiger partial charge on any atom is -0.374 e. The van der Waals surface area contributed by atoms with Gasteiger partial charge in [-0.25, -0.2) is 0 Å². The van der Waals surface area contributed by atoms with E-state index in [1.54, 1.807) is 11.9 Å². The number of aldehydes is 1. The largest absolute Gasteiger partial charge is 0.374 e. The molecule has 0 bridgehead atoms. The lowest BCUT2D eigenvalue weighted by Crippen LogP contribution is -2.16. The van der Waals surface area contributed by atoms with Crippen molar-refractivity contribution >= 4 is 40.4 Å². The van der Waals surface area contributed by atoms with Crippen molar-refractivity contribution in [3.8, 4) is 11.1 Å². The molecule has 0 saturated heterocycles. The molecule has 0 fully saturated rings. The Kier molecular flexibility index (Phi) is 6.05. The summed E-state index contributed by atoms with van der Waals surface area (Å²) >= 11 is 1.57. The molecule has 3 nitrogen and oxygen atoms in total. The number of rotatable bonds is 7. The Hall–Kier alpha value is -3.24. The quantitative estimate of drug-likeness (QED) is 0.264. The number of hydrogen-bond donors (Lipinski definition) is 1. The first-order chi connectivity index (χ1) is 14.7. The number of hydrogen-bond acceptors (Lipinski definition) is 4. The zero-order valence-electron chi connectivity index (χ0n) is 17.1. The third kappa shape index (κ3) is 4.05. The Balaban J connectivity index is 1.66. The summed E-state index contributed by atoms with van der Waals surface area (Å²) in [5, 5.41) is 2.08. The minimum atomic E-state index is 0.719. The van der Waals surface area contributed by atoms with E-state index < -0.39 is 0 Å². The summed E-state index contributed by atoms with van der Waals surface area (Å²) in [6.07, 6.45) is 0.945. The third-order valence-electron chi connectivity index (χ3n) is 5.27. The van der Waals surface area contributed by atoms with E-state index in [0.717, 1.165) is 45.4 Å². The molecule has 1 N–H and O–H groups in total. The van der Waals surface area contributed by atoms with Crippen molar-refractivity contribution in [3.05, 3.63) is 90.5 Å². The van der Waals surface area contributed by atoms with Crippen molar-refractivity contribution in [1.29, 1.82) is 0 Å². The van der Waals surface area contributed by atoms with Crippen molar-refractivity contribution in [2.24, 2.45) is 0 Å². The average molecular weight is 413 g/mol. The molecule has 150 valence electrons. The topological polar surface area (TPSA) is 32.3 Å². The van der Waals surface area contributed by atoms with Crippen molar-refractivity contribution in [2.75, 3.05) is 23.2 Å². The average Bonchev–Trinajstić information content (AvgIpc) is 2.82. The van der Waals surface area contributed by atoms with Crippen LogP contribution in [0.1, 0.15) is 17.3 Å². The number of fused-ring (bicyclic) bond motifs is 1. The van der Waals surface area contributed by atoms with E-state index in [1.165, 1.54) is 11.1 Å². The monoisotopic (exact) mass is 412 g/mol. The lowest BCUT2D eigenvalue weighted by molar-refractivity contribution is 0.112. The lowest BCUT2D eigenvalue weighted by atomic mass is 10.0. The SMILES string of the molecule is CCN(C)c1ccc(SNc2cccc(-c3ccccc3)c2)c2cccc(C=O)c12. The summed E-state index contributed by atoms with van der Waals surface area (Å²) in [6.45, 7) is 2.98. The van der Waals surface area contributed by atoms with Crippen molar-refractivity contribution < 1.29 is 4.79 Å². The molecule has 0 unspecified atom stereocenters. The van der Waals surface area contributed by atoms with Gasteiger partial charge in [0.05, 0.1) is 0 Å². The van der Waals surface area contributed by atoms with Crippen LogP contribution in [0.2, 0.25) is 0 Å². The number of carbonyl (C=O) groups is 1. The molecule has 0 aliphatic carbocycles. The van der Waals surface area contributed by atoms with Crippen LogP contribution in [0.15, 0.2) is 89.8 Å². The van der Waals surface area contributed by atoms with Gasteiger partial charge in [0, 0.05) is 40.8 Å². The van der Waals surface area contributed by atoms with Crippen LogP contribution in [0.3, 0.4) is 0 Å². The first-order valence-electron chi connectivity index (χ1n) is 10.0. The second-order valence-corrected chi connectivity index (χ2v) is 7.98. The van der Waals surface area contributed by atoms with E-state index in [-0.39, 0.29) is 0 Å². The maximum atomic E-state index is 11.7. The van der Waals surface area contributed by atoms with Crippen LogP contribution in [0, 0.1) is 0 Å². The molecule has 30 heavy (non-hydrogen) atoms. The third-order valence-corrected chi connectivity index (χ3v) is 6.19. The molecule has 0 radical (unpaired) electrons. The van der Waals surface area contributed by atoms with Gasteiger partial charge in [0.2, 0.25) is 0 Å². The summed E-state index contributed by atoms with van der Waals surface area (Å²) in [5.74, 6) is 0. The molecule has 0 saturated carbocycles. The summed E-state index contributed by atoms with van der Waals surface area (Å²) in [5.41, 5.74) is 5.20. The molecular formula is C26H24N2OS. The second kappa shape index (κ2) is 9.06. The Bertz CT molecular complexity index is 1170. The zero-order valence-corrected chi connectivity index (χ0v) is 17.9. The second-order valence-electron chi connectivity index (χ2n) is 7.14. The molecule has 0 aliphatic rings. The molecule has 4 aromatic rings. The molecular weight excluding hydrogens is 388 g/mol. The number of nitrogens with one attached hydrogen (secondary N) is 1. The van der Waals surface area contributed by atoms with Crippen LogP contribution in [0.4, 0.5) is 11.4 Å². The highest BCUT2D eigenvalue weighted by atomic mass is 32.2. The van der Waals surface area contributed by atoms with Gasteiger partial charge in [0.15, 0.2) is 6.29 Å². The highest BCUT2D eigenvalue weighted by Crippen LogP contribution is 2.36. The van der Waals surface area contributed by atoms with Crippen LogP contribution in [-0.4, -0.2) is 19.9 Å². The molecule has 4 heteroatoms. The fourth-order valence-corrected chi connectivity index (χ4v) is 4.34. The molecule has 0 heterocycles. The smallest absolute Gasteiger partial charge is 0.150 e. The van der Waals surface area contributed by atoms with E-state index in [2.05, 4.69) is 90.3 Å². The Morgan fingerprint density at radius 2 is 1.67 bits per heavy atom. The maximum Gasteiger partial charge on any atom is 0.150 e. The van der Waals surface area contributed by atoms with Crippen LogP contribution in [0.25, 0.3) is 21.9 Å². The normalized spacial score (nSPS) is 10.7. The Morgan fingerprint density at radius 3 is 2.43 bits per heavy atom. The number of anilines is 2. The first-order valence-corrected chi connectivity index (χ1v) is 10.8. The summed E-state index contributed by atoms with van der Waals surface area (Å²) in [6, 6.07) is 28.9. The van der Waals surface area contributed by atoms with Crippen LogP contribution in [0.5, 0.6) is 0 Å². The van der Waals surface area contributed by atoms with Gasteiger partial charge in [-0.2, -0.15) is 0 Å². The Morgan fingerprint density at radius 1 is 0.900 bits per heavy atom. The Labute approximate surface area is 181 Å². The van der Waals surface area contributed by atoms with Gasteiger partial charge in [-0.05, 0) is 59.7 Å². The van der Waals surface area contributed by atoms with E-state index >= 15 is 0 Å². The highest BCUT2D eigenvalue weighted by Gasteiger charge is 2.13. The molecule has 0 spiro atoms. The van der Waals surface area contributed by atoms with Gasteiger partial charge >= 0.3 is 0 Å². The summed E-state index contributed by atoms with van der Waals surface area (Å²) in [7, 11) is 2.05. The molecule has 0 aromatic heterocycles. The molecule has 4 rings (SSSR count). The predicted octanol–water partition coefficient (Wildman–Crippen LogP) is 6.89. The van der Waals surface area contributed by atoms with Gasteiger partial charge in [-0.3, -0.25) is 4.79 Å². The van der Waals surface area contributed by atoms with Crippen LogP contribution in [-0.2, 0) is 0 Å². The predicted molar refractivity (Wildman–Crippen MR) is 130 cm³/mol. The first kappa shape index (κ1) is 20.0. The molecule has 0 aliphatic heterocycles. The molecule has 4 aromatic carbocycles. The van der Waals surface area contributed by atoms with Gasteiger partial charge in [-0.1, -0.05) is 60.7 Å². The van der Waals surface area contributed by atoms with Gasteiger partial charge in [-0.15, -0.1) is 0 Å². The van der Waals surface area contributed by atoms with E-state index in [0.29, 0.717) is 0 Å². The fourth-order valence-electron chi connectivity index (χ4n) is 3.57. The van der Waals surface area contributed by atoms with E-state index in [4.69, 9.17) is 0 Å². The van der Waals surface area contributed by atoms with Crippen molar-refractivity contribution in [2.45, 2.75) is 11.8 Å². The van der Waals surface area contributed by atoms with E-state index in [1.807, 2.05) is 18.2 Å². The van der Waals surface area contributed by atoms with E-state index in [9.17, 15) is 4.79 Å². The fraction of sp³-hybridized carbons (Fsp3) is 0.115. The van der Waals surface area contributed by atoms with Gasteiger partial charge in [0.1, 0.15) is 0 Å². The summed E-state index contributed by atoms with van der Waals surface area (Å²) in [4.78, 5) is 15.0. The molecule has 0 amide bonds. The summed E-state index contributed by atoms with van der Waals surface area (Å²) < 4.78 is 3.48. The van der Waals surface area contributed by atoms with Gasteiger partial charge < -0.3 is 9.62 Å². The maximum absolute atomic E-state index is 11.7. The lowest BCUT2D eigenvalue weighted by Gasteiger charge is -2.21. The van der Waals surface area contributed by atoms with Crippen LogP contribution < -0.4 is 9.62 Å². The van der Waals surface area contributed by atoms with Gasteiger partial charge in [0.25, 0.3) is 0 Å². The number of carbonyl (C=O) groups excluding carboxylic acids is 1. The minimum absolute atomic E-state index is 0.719. The standard InChI is InChI=1S/C26H24N2OS/c1-3-28(2)24-15-16-25(23-14-8-12-21(18-29)26(23)24)30-27-22-13-7-11-20(17-22)19-9-5-4-6-10-19/h4-18,27H,3H2,1-2H3. The van der Waals surface area contributed by atoms with Crippen molar-refractivity contribution in [3.63, 3.8) is 0 Å².